The monoisotopic (exact) mass is 354 g/mol. The van der Waals surface area contributed by atoms with Crippen LogP contribution >= 0.6 is 0 Å². The Morgan fingerprint density at radius 1 is 0.808 bits per heavy atom. The van der Waals surface area contributed by atoms with Crippen LogP contribution < -0.4 is 10.6 Å². The average molecular weight is 354 g/mol. The van der Waals surface area contributed by atoms with Crippen molar-refractivity contribution in [3.05, 3.63) is 71.8 Å². The molecule has 1 atom stereocenters. The first-order valence-corrected chi connectivity index (χ1v) is 8.50. The molecule has 0 bridgehead atoms. The Balaban J connectivity index is 1.72. The fourth-order valence-corrected chi connectivity index (χ4v) is 2.46. The zero-order valence-electron chi connectivity index (χ0n) is 14.4. The molecular formula is C20H22N2O4. The summed E-state index contributed by atoms with van der Waals surface area (Å²) in [6.45, 7) is 0.451. The van der Waals surface area contributed by atoms with E-state index in [4.69, 9.17) is 0 Å². The molecule has 0 aliphatic rings. The zero-order chi connectivity index (χ0) is 18.8. The highest BCUT2D eigenvalue weighted by Crippen LogP contribution is 2.05. The molecule has 6 nitrogen and oxygen atoms in total. The summed E-state index contributed by atoms with van der Waals surface area (Å²) in [6, 6.07) is 16.4. The van der Waals surface area contributed by atoms with Crippen LogP contribution in [0.2, 0.25) is 0 Å². The molecule has 26 heavy (non-hydrogen) atoms. The summed E-state index contributed by atoms with van der Waals surface area (Å²) < 4.78 is 0. The van der Waals surface area contributed by atoms with Gasteiger partial charge in [0.05, 0.1) is 0 Å². The van der Waals surface area contributed by atoms with Gasteiger partial charge in [-0.2, -0.15) is 0 Å². The van der Waals surface area contributed by atoms with Gasteiger partial charge < -0.3 is 15.7 Å². The molecule has 0 saturated heterocycles. The molecule has 2 aromatic carbocycles. The third-order valence-corrected chi connectivity index (χ3v) is 3.88. The SMILES string of the molecule is O=C(NCCCC[C@@H](NC(=O)c1ccccc1)C(=O)O)c1ccccc1. The Hall–Kier alpha value is -3.15. The van der Waals surface area contributed by atoms with Crippen LogP contribution in [-0.2, 0) is 4.79 Å². The molecule has 6 heteroatoms. The number of benzene rings is 2. The number of hydrogen-bond acceptors (Lipinski definition) is 3. The summed E-state index contributed by atoms with van der Waals surface area (Å²) >= 11 is 0. The number of amides is 2. The molecule has 0 heterocycles. The summed E-state index contributed by atoms with van der Waals surface area (Å²) in [5.41, 5.74) is 1.01. The van der Waals surface area contributed by atoms with Crippen LogP contribution in [0.15, 0.2) is 60.7 Å². The Bertz CT molecular complexity index is 732. The molecule has 0 aromatic heterocycles. The van der Waals surface area contributed by atoms with Crippen molar-refractivity contribution in [2.75, 3.05) is 6.54 Å². The average Bonchev–Trinajstić information content (AvgIpc) is 2.67. The van der Waals surface area contributed by atoms with Gasteiger partial charge in [-0.3, -0.25) is 9.59 Å². The minimum Gasteiger partial charge on any atom is -0.480 e. The van der Waals surface area contributed by atoms with Gasteiger partial charge in [-0.1, -0.05) is 36.4 Å². The van der Waals surface area contributed by atoms with Crippen LogP contribution in [0.5, 0.6) is 0 Å². The van der Waals surface area contributed by atoms with Crippen molar-refractivity contribution in [3.63, 3.8) is 0 Å². The highest BCUT2D eigenvalue weighted by molar-refractivity contribution is 5.96. The normalized spacial score (nSPS) is 11.4. The van der Waals surface area contributed by atoms with E-state index in [-0.39, 0.29) is 5.91 Å². The van der Waals surface area contributed by atoms with Gasteiger partial charge in [0, 0.05) is 17.7 Å². The molecule has 0 unspecified atom stereocenters. The second kappa shape index (κ2) is 9.98. The van der Waals surface area contributed by atoms with Crippen LogP contribution in [0.4, 0.5) is 0 Å². The maximum absolute atomic E-state index is 12.1. The Morgan fingerprint density at radius 2 is 1.35 bits per heavy atom. The van der Waals surface area contributed by atoms with Crippen LogP contribution in [0.25, 0.3) is 0 Å². The van der Waals surface area contributed by atoms with E-state index in [1.54, 1.807) is 54.6 Å². The lowest BCUT2D eigenvalue weighted by atomic mass is 10.1. The molecule has 3 N–H and O–H groups in total. The zero-order valence-corrected chi connectivity index (χ0v) is 14.4. The number of nitrogens with one attached hydrogen (secondary N) is 2. The summed E-state index contributed by atoms with van der Waals surface area (Å²) in [6.07, 6.45) is 1.50. The molecule has 2 aromatic rings. The lowest BCUT2D eigenvalue weighted by Crippen LogP contribution is -2.40. The molecule has 0 saturated carbocycles. The highest BCUT2D eigenvalue weighted by Gasteiger charge is 2.20. The first-order valence-electron chi connectivity index (χ1n) is 8.50. The summed E-state index contributed by atoms with van der Waals surface area (Å²) in [7, 11) is 0. The van der Waals surface area contributed by atoms with E-state index >= 15 is 0 Å². The Kier molecular flexibility index (Phi) is 7.36. The Labute approximate surface area is 152 Å². The van der Waals surface area contributed by atoms with Crippen molar-refractivity contribution < 1.29 is 19.5 Å². The molecule has 2 rings (SSSR count). The second-order valence-electron chi connectivity index (χ2n) is 5.85. The maximum Gasteiger partial charge on any atom is 0.326 e. The minimum absolute atomic E-state index is 0.155. The van der Waals surface area contributed by atoms with E-state index in [1.165, 1.54) is 0 Å². The van der Waals surface area contributed by atoms with E-state index < -0.39 is 17.9 Å². The number of carboxylic acid groups (broad SMARTS) is 1. The first kappa shape index (κ1) is 19.2. The predicted octanol–water partition coefficient (Wildman–Crippen LogP) is 2.47. The molecule has 0 fully saturated rings. The summed E-state index contributed by atoms with van der Waals surface area (Å²) in [5.74, 6) is -1.63. The number of carboxylic acids is 1. The number of carbonyl (C=O) groups excluding carboxylic acids is 2. The van der Waals surface area contributed by atoms with Gasteiger partial charge in [0.1, 0.15) is 6.04 Å². The third kappa shape index (κ3) is 6.05. The largest absolute Gasteiger partial charge is 0.480 e. The van der Waals surface area contributed by atoms with E-state index in [9.17, 15) is 19.5 Å². The third-order valence-electron chi connectivity index (χ3n) is 3.88. The van der Waals surface area contributed by atoms with Gasteiger partial charge in [0.2, 0.25) is 0 Å². The quantitative estimate of drug-likeness (QED) is 0.603. The molecule has 2 amide bonds. The van der Waals surface area contributed by atoms with E-state index in [0.717, 1.165) is 0 Å². The summed E-state index contributed by atoms with van der Waals surface area (Å²) in [4.78, 5) is 35.3. The second-order valence-corrected chi connectivity index (χ2v) is 5.85. The standard InChI is InChI=1S/C20H22N2O4/c23-18(15-9-3-1-4-10-15)21-14-8-7-13-17(20(25)26)22-19(24)16-11-5-2-6-12-16/h1-6,9-12,17H,7-8,13-14H2,(H,21,23)(H,22,24)(H,25,26)/t17-/m1/s1. The molecule has 0 aliphatic heterocycles. The van der Waals surface area contributed by atoms with Crippen LogP contribution in [-0.4, -0.2) is 35.5 Å². The van der Waals surface area contributed by atoms with Crippen LogP contribution in [0, 0.1) is 0 Å². The van der Waals surface area contributed by atoms with Crippen molar-refractivity contribution in [2.45, 2.75) is 25.3 Å². The van der Waals surface area contributed by atoms with Crippen molar-refractivity contribution in [1.29, 1.82) is 0 Å². The molecule has 0 radical (unpaired) electrons. The molecular weight excluding hydrogens is 332 g/mol. The van der Waals surface area contributed by atoms with E-state index in [0.29, 0.717) is 36.9 Å². The number of unbranched alkanes of at least 4 members (excludes halogenated alkanes) is 1. The molecule has 0 aliphatic carbocycles. The van der Waals surface area contributed by atoms with Gasteiger partial charge in [0.15, 0.2) is 0 Å². The van der Waals surface area contributed by atoms with Crippen molar-refractivity contribution in [3.8, 4) is 0 Å². The minimum atomic E-state index is -1.07. The van der Waals surface area contributed by atoms with Gasteiger partial charge in [-0.05, 0) is 43.5 Å². The van der Waals surface area contributed by atoms with Gasteiger partial charge in [-0.25, -0.2) is 4.79 Å². The Morgan fingerprint density at radius 3 is 1.88 bits per heavy atom. The number of aliphatic carboxylic acids is 1. The van der Waals surface area contributed by atoms with Crippen LogP contribution in [0.3, 0.4) is 0 Å². The van der Waals surface area contributed by atoms with E-state index in [1.807, 2.05) is 6.07 Å². The van der Waals surface area contributed by atoms with Crippen LogP contribution in [0.1, 0.15) is 40.0 Å². The van der Waals surface area contributed by atoms with Gasteiger partial charge in [0.25, 0.3) is 11.8 Å². The first-order chi connectivity index (χ1) is 12.6. The number of hydrogen-bond donors (Lipinski definition) is 3. The number of rotatable bonds is 9. The number of carbonyl (C=O) groups is 3. The van der Waals surface area contributed by atoms with Crippen molar-refractivity contribution in [1.82, 2.24) is 10.6 Å². The molecule has 136 valence electrons. The van der Waals surface area contributed by atoms with Gasteiger partial charge >= 0.3 is 5.97 Å². The lowest BCUT2D eigenvalue weighted by molar-refractivity contribution is -0.139. The summed E-state index contributed by atoms with van der Waals surface area (Å²) in [5, 5.41) is 14.6. The smallest absolute Gasteiger partial charge is 0.326 e. The van der Waals surface area contributed by atoms with E-state index in [2.05, 4.69) is 10.6 Å². The lowest BCUT2D eigenvalue weighted by Gasteiger charge is -2.14. The van der Waals surface area contributed by atoms with Crippen molar-refractivity contribution >= 4 is 17.8 Å². The molecule has 0 spiro atoms. The van der Waals surface area contributed by atoms with Gasteiger partial charge in [-0.15, -0.1) is 0 Å². The predicted molar refractivity (Wildman–Crippen MR) is 98.0 cm³/mol. The van der Waals surface area contributed by atoms with Crippen molar-refractivity contribution in [2.24, 2.45) is 0 Å². The highest BCUT2D eigenvalue weighted by atomic mass is 16.4. The topological polar surface area (TPSA) is 95.5 Å². The maximum atomic E-state index is 12.1. The fraction of sp³-hybridized carbons (Fsp3) is 0.250. The fourth-order valence-electron chi connectivity index (χ4n) is 2.46.